The van der Waals surface area contributed by atoms with Gasteiger partial charge in [0.1, 0.15) is 17.6 Å². The molecular formula is C27H20ClFN2O3. The number of nitrogens with zero attached hydrogens (tertiary/aromatic N) is 1. The van der Waals surface area contributed by atoms with Crippen LogP contribution in [0.5, 0.6) is 0 Å². The molecule has 0 saturated heterocycles. The molecule has 5 rings (SSSR count). The Morgan fingerprint density at radius 3 is 2.76 bits per heavy atom. The van der Waals surface area contributed by atoms with Gasteiger partial charge in [0.15, 0.2) is 5.58 Å². The molecule has 3 aromatic carbocycles. The average molecular weight is 475 g/mol. The van der Waals surface area contributed by atoms with Crippen molar-refractivity contribution in [3.8, 4) is 28.5 Å². The lowest BCUT2D eigenvalue weighted by molar-refractivity contribution is -0.136. The van der Waals surface area contributed by atoms with Crippen molar-refractivity contribution in [3.63, 3.8) is 0 Å². The van der Waals surface area contributed by atoms with E-state index < -0.39 is 5.97 Å². The van der Waals surface area contributed by atoms with Gasteiger partial charge < -0.3 is 14.8 Å². The number of hydrogen-bond acceptors (Lipinski definition) is 4. The van der Waals surface area contributed by atoms with Crippen molar-refractivity contribution in [1.29, 1.82) is 5.26 Å². The third-order valence-corrected chi connectivity index (χ3v) is 6.66. The third-order valence-electron chi connectivity index (χ3n) is 6.25. The zero-order valence-corrected chi connectivity index (χ0v) is 18.8. The fourth-order valence-electron chi connectivity index (χ4n) is 4.69. The average Bonchev–Trinajstić information content (AvgIpc) is 3.41. The van der Waals surface area contributed by atoms with Gasteiger partial charge in [0, 0.05) is 29.1 Å². The second kappa shape index (κ2) is 8.94. The number of benzene rings is 3. The fourth-order valence-corrected chi connectivity index (χ4v) is 5.01. The summed E-state index contributed by atoms with van der Waals surface area (Å²) < 4.78 is 19.9. The van der Waals surface area contributed by atoms with Gasteiger partial charge in [0.25, 0.3) is 0 Å². The lowest BCUT2D eigenvalue weighted by Gasteiger charge is -2.13. The number of nitriles is 1. The Balaban J connectivity index is 1.57. The molecule has 1 atom stereocenters. The molecule has 0 unspecified atom stereocenters. The molecule has 4 aromatic rings. The highest BCUT2D eigenvalue weighted by atomic mass is 35.5. The summed E-state index contributed by atoms with van der Waals surface area (Å²) in [5.74, 6) is -0.674. The smallest absolute Gasteiger partial charge is 0.304 e. The maximum Gasteiger partial charge on any atom is 0.304 e. The topological polar surface area (TPSA) is 86.3 Å². The van der Waals surface area contributed by atoms with Crippen LogP contribution >= 0.6 is 11.6 Å². The molecule has 170 valence electrons. The van der Waals surface area contributed by atoms with E-state index in [9.17, 15) is 14.4 Å². The molecule has 2 N–H and O–H groups in total. The van der Waals surface area contributed by atoms with Crippen molar-refractivity contribution < 1.29 is 18.7 Å². The Hall–Kier alpha value is -3.66. The van der Waals surface area contributed by atoms with Crippen molar-refractivity contribution in [3.05, 3.63) is 82.1 Å². The molecule has 0 radical (unpaired) electrons. The van der Waals surface area contributed by atoms with Crippen LogP contribution in [0.3, 0.4) is 0 Å². The minimum absolute atomic E-state index is 0.0101. The number of carbonyl (C=O) groups is 1. The van der Waals surface area contributed by atoms with Gasteiger partial charge in [-0.1, -0.05) is 35.9 Å². The van der Waals surface area contributed by atoms with Gasteiger partial charge in [-0.2, -0.15) is 5.26 Å². The molecule has 0 amide bonds. The van der Waals surface area contributed by atoms with Gasteiger partial charge in [-0.25, -0.2) is 4.39 Å². The lowest BCUT2D eigenvalue weighted by atomic mass is 9.99. The van der Waals surface area contributed by atoms with Gasteiger partial charge in [0.05, 0.1) is 17.0 Å². The van der Waals surface area contributed by atoms with Crippen LogP contribution < -0.4 is 5.32 Å². The van der Waals surface area contributed by atoms with Crippen molar-refractivity contribution in [1.82, 2.24) is 5.32 Å². The number of carboxylic acid groups (broad SMARTS) is 1. The second-order valence-corrected chi connectivity index (χ2v) is 8.70. The highest BCUT2D eigenvalue weighted by molar-refractivity contribution is 6.36. The lowest BCUT2D eigenvalue weighted by Crippen LogP contribution is -2.22. The largest absolute Gasteiger partial charge is 0.481 e. The molecule has 0 fully saturated rings. The fraction of sp³-hybridized carbons (Fsp3) is 0.185. The van der Waals surface area contributed by atoms with Crippen LogP contribution in [-0.2, 0) is 11.2 Å². The molecule has 1 aliphatic carbocycles. The van der Waals surface area contributed by atoms with Crippen molar-refractivity contribution >= 4 is 28.5 Å². The van der Waals surface area contributed by atoms with Gasteiger partial charge in [-0.3, -0.25) is 4.79 Å². The standard InChI is InChI=1S/C27H20ClFN2O3/c28-26-18(15-3-1-4-17(29)11-15)5-2-6-20(26)24-13-16-12-21-19(22(14-30)27(16)34-24)7-8-23(21)31-10-9-25(32)33/h1-6,11-13,23,31H,7-10H2,(H,32,33)/t23-/m1/s1. The van der Waals surface area contributed by atoms with Gasteiger partial charge in [-0.05, 0) is 59.9 Å². The van der Waals surface area contributed by atoms with E-state index in [-0.39, 0.29) is 18.3 Å². The quantitative estimate of drug-likeness (QED) is 0.334. The molecule has 1 aliphatic rings. The number of halogens is 2. The van der Waals surface area contributed by atoms with E-state index in [1.165, 1.54) is 12.1 Å². The number of hydrogen-bond donors (Lipinski definition) is 2. The van der Waals surface area contributed by atoms with Crippen molar-refractivity contribution in [2.75, 3.05) is 6.54 Å². The Labute approximate surface area is 200 Å². The van der Waals surface area contributed by atoms with Crippen LogP contribution in [-0.4, -0.2) is 17.6 Å². The van der Waals surface area contributed by atoms with E-state index in [4.69, 9.17) is 21.1 Å². The summed E-state index contributed by atoms with van der Waals surface area (Å²) in [6.45, 7) is 0.360. The number of fused-ring (bicyclic) bond motifs is 2. The molecule has 5 nitrogen and oxygen atoms in total. The Kier molecular flexibility index (Phi) is 5.82. The van der Waals surface area contributed by atoms with Crippen molar-refractivity contribution in [2.24, 2.45) is 0 Å². The maximum absolute atomic E-state index is 13.8. The predicted molar refractivity (Wildman–Crippen MR) is 128 cm³/mol. The molecule has 1 heterocycles. The van der Waals surface area contributed by atoms with E-state index in [0.717, 1.165) is 22.9 Å². The molecule has 0 spiro atoms. The summed E-state index contributed by atoms with van der Waals surface area (Å²) in [7, 11) is 0. The molecular weight excluding hydrogens is 455 g/mol. The van der Waals surface area contributed by atoms with Gasteiger partial charge >= 0.3 is 5.97 Å². The molecule has 1 aromatic heterocycles. The van der Waals surface area contributed by atoms with E-state index >= 15 is 0 Å². The highest BCUT2D eigenvalue weighted by Gasteiger charge is 2.28. The summed E-state index contributed by atoms with van der Waals surface area (Å²) in [5, 5.41) is 23.3. The number of furan rings is 1. The molecule has 34 heavy (non-hydrogen) atoms. The Bertz CT molecular complexity index is 1470. The van der Waals surface area contributed by atoms with E-state index in [1.54, 1.807) is 12.1 Å². The molecule has 0 saturated carbocycles. The summed E-state index contributed by atoms with van der Waals surface area (Å²) in [6.07, 6.45) is 1.55. The molecule has 7 heteroatoms. The van der Waals surface area contributed by atoms with Crippen LogP contribution in [0.1, 0.15) is 35.6 Å². The van der Waals surface area contributed by atoms with Gasteiger partial charge in [0.2, 0.25) is 0 Å². The number of carboxylic acids is 1. The summed E-state index contributed by atoms with van der Waals surface area (Å²) in [6, 6.07) is 17.9. The Morgan fingerprint density at radius 2 is 2.00 bits per heavy atom. The second-order valence-electron chi connectivity index (χ2n) is 8.33. The number of rotatable bonds is 6. The first-order valence-electron chi connectivity index (χ1n) is 11.0. The molecule has 0 aliphatic heterocycles. The summed E-state index contributed by atoms with van der Waals surface area (Å²) >= 11 is 6.73. The predicted octanol–water partition coefficient (Wildman–Crippen LogP) is 6.48. The van der Waals surface area contributed by atoms with Crippen LogP contribution in [0.15, 0.2) is 59.0 Å². The number of aliphatic carboxylic acids is 1. The van der Waals surface area contributed by atoms with E-state index in [0.29, 0.717) is 51.6 Å². The summed E-state index contributed by atoms with van der Waals surface area (Å²) in [4.78, 5) is 10.9. The Morgan fingerprint density at radius 1 is 1.21 bits per heavy atom. The van der Waals surface area contributed by atoms with Crippen LogP contribution in [0.2, 0.25) is 5.02 Å². The van der Waals surface area contributed by atoms with Crippen molar-refractivity contribution in [2.45, 2.75) is 25.3 Å². The first-order valence-corrected chi connectivity index (χ1v) is 11.3. The highest BCUT2D eigenvalue weighted by Crippen LogP contribution is 2.42. The van der Waals surface area contributed by atoms with E-state index in [2.05, 4.69) is 11.4 Å². The molecule has 0 bridgehead atoms. The number of nitrogens with one attached hydrogen (secondary N) is 1. The minimum Gasteiger partial charge on any atom is -0.481 e. The normalized spacial score (nSPS) is 14.8. The zero-order valence-electron chi connectivity index (χ0n) is 18.1. The van der Waals surface area contributed by atoms with Crippen LogP contribution in [0.25, 0.3) is 33.4 Å². The zero-order chi connectivity index (χ0) is 23.8. The SMILES string of the molecule is N#Cc1c2c(cc3cc(-c4cccc(-c5cccc(F)c5)c4Cl)oc13)[C@H](NCCC(=O)O)CC2. The monoisotopic (exact) mass is 474 g/mol. The van der Waals surface area contributed by atoms with Crippen LogP contribution in [0, 0.1) is 17.1 Å². The summed E-state index contributed by atoms with van der Waals surface area (Å²) in [5.41, 5.74) is 4.94. The maximum atomic E-state index is 13.8. The van der Waals surface area contributed by atoms with Crippen LogP contribution in [0.4, 0.5) is 4.39 Å². The third kappa shape index (κ3) is 3.94. The first-order chi connectivity index (χ1) is 16.5. The minimum atomic E-state index is -0.851. The first kappa shape index (κ1) is 22.1. The van der Waals surface area contributed by atoms with Gasteiger partial charge in [-0.15, -0.1) is 0 Å². The van der Waals surface area contributed by atoms with E-state index in [1.807, 2.05) is 30.3 Å².